The second kappa shape index (κ2) is 7.06. The number of fused-ring (bicyclic) bond motifs is 1. The van der Waals surface area contributed by atoms with Gasteiger partial charge in [0.1, 0.15) is 5.75 Å². The van der Waals surface area contributed by atoms with E-state index in [2.05, 4.69) is 20.7 Å². The van der Waals surface area contributed by atoms with E-state index in [4.69, 9.17) is 4.74 Å². The maximum absolute atomic E-state index is 12.1. The van der Waals surface area contributed by atoms with Gasteiger partial charge in [0, 0.05) is 30.2 Å². The molecule has 1 aromatic carbocycles. The van der Waals surface area contributed by atoms with Crippen LogP contribution in [0.1, 0.15) is 27.7 Å². The Kier molecular flexibility index (Phi) is 4.81. The molecule has 0 bridgehead atoms. The van der Waals surface area contributed by atoms with Crippen molar-refractivity contribution in [1.29, 1.82) is 0 Å². The van der Waals surface area contributed by atoms with E-state index < -0.39 is 5.41 Å². The predicted molar refractivity (Wildman–Crippen MR) is 102 cm³/mol. The molecule has 3 rings (SSSR count). The van der Waals surface area contributed by atoms with Gasteiger partial charge in [0.2, 0.25) is 17.7 Å². The fourth-order valence-electron chi connectivity index (χ4n) is 2.24. The molecule has 2 N–H and O–H groups in total. The van der Waals surface area contributed by atoms with Crippen LogP contribution < -0.4 is 15.4 Å². The van der Waals surface area contributed by atoms with E-state index in [0.29, 0.717) is 28.8 Å². The molecule has 0 aliphatic heterocycles. The van der Waals surface area contributed by atoms with Crippen LogP contribution in [0.25, 0.3) is 5.65 Å². The van der Waals surface area contributed by atoms with Gasteiger partial charge < -0.3 is 15.4 Å². The minimum Gasteiger partial charge on any atom is -0.438 e. The number of hydrogen-bond donors (Lipinski definition) is 2. The molecule has 140 valence electrons. The van der Waals surface area contributed by atoms with Crippen molar-refractivity contribution in [3.05, 3.63) is 42.6 Å². The molecule has 0 saturated carbocycles. The van der Waals surface area contributed by atoms with Crippen LogP contribution in [0.4, 0.5) is 11.5 Å². The summed E-state index contributed by atoms with van der Waals surface area (Å²) in [4.78, 5) is 27.5. The number of amides is 2. The quantitative estimate of drug-likeness (QED) is 0.736. The molecule has 0 saturated heterocycles. The first kappa shape index (κ1) is 18.4. The first-order chi connectivity index (χ1) is 12.7. The number of carbonyl (C=O) groups is 2. The van der Waals surface area contributed by atoms with Crippen LogP contribution in [-0.4, -0.2) is 26.4 Å². The number of ether oxygens (including phenoxy) is 1. The molecule has 0 aliphatic carbocycles. The van der Waals surface area contributed by atoms with Crippen molar-refractivity contribution < 1.29 is 14.3 Å². The number of imidazole rings is 1. The fourth-order valence-corrected chi connectivity index (χ4v) is 2.24. The lowest BCUT2D eigenvalue weighted by atomic mass is 9.95. The van der Waals surface area contributed by atoms with Gasteiger partial charge in [-0.15, -0.1) is 5.10 Å². The van der Waals surface area contributed by atoms with Gasteiger partial charge in [0.15, 0.2) is 11.5 Å². The van der Waals surface area contributed by atoms with Crippen molar-refractivity contribution in [2.24, 2.45) is 5.41 Å². The normalized spacial score (nSPS) is 11.3. The monoisotopic (exact) mass is 367 g/mol. The smallest absolute Gasteiger partial charge is 0.237 e. The first-order valence-corrected chi connectivity index (χ1v) is 8.44. The molecule has 0 fully saturated rings. The summed E-state index contributed by atoms with van der Waals surface area (Å²) in [6.45, 7) is 6.96. The van der Waals surface area contributed by atoms with Gasteiger partial charge in [-0.05, 0) is 18.2 Å². The summed E-state index contributed by atoms with van der Waals surface area (Å²) in [6.07, 6.45) is 1.60. The maximum atomic E-state index is 12.1. The van der Waals surface area contributed by atoms with Crippen molar-refractivity contribution in [3.8, 4) is 11.6 Å². The highest BCUT2D eigenvalue weighted by Gasteiger charge is 2.21. The third-order valence-corrected chi connectivity index (χ3v) is 3.60. The Morgan fingerprint density at radius 1 is 1.11 bits per heavy atom. The highest BCUT2D eigenvalue weighted by atomic mass is 16.5. The van der Waals surface area contributed by atoms with Gasteiger partial charge in [0.25, 0.3) is 0 Å². The minimum atomic E-state index is -0.490. The summed E-state index contributed by atoms with van der Waals surface area (Å²) >= 11 is 0. The second-order valence-corrected chi connectivity index (χ2v) is 7.12. The van der Waals surface area contributed by atoms with Gasteiger partial charge in [-0.3, -0.25) is 9.59 Å². The topological polar surface area (TPSA) is 97.6 Å². The number of rotatable bonds is 4. The van der Waals surface area contributed by atoms with Crippen LogP contribution in [-0.2, 0) is 9.59 Å². The number of aromatic nitrogens is 3. The largest absolute Gasteiger partial charge is 0.438 e. The fraction of sp³-hybridized carbons (Fsp3) is 0.263. The Bertz CT molecular complexity index is 1000. The Hall–Kier alpha value is -3.42. The van der Waals surface area contributed by atoms with E-state index in [0.717, 1.165) is 0 Å². The molecule has 27 heavy (non-hydrogen) atoms. The summed E-state index contributed by atoms with van der Waals surface area (Å²) in [6, 6.07) is 10.5. The summed E-state index contributed by atoms with van der Waals surface area (Å²) in [5, 5.41) is 9.80. The van der Waals surface area contributed by atoms with E-state index in [1.807, 2.05) is 20.8 Å². The Morgan fingerprint density at radius 2 is 1.89 bits per heavy atom. The molecule has 8 heteroatoms. The molecule has 8 nitrogen and oxygen atoms in total. The van der Waals surface area contributed by atoms with Gasteiger partial charge >= 0.3 is 0 Å². The standard InChI is InChI=1S/C19H21N5O3/c1-12(25)20-15-11-24-16(22-15)8-9-17(23-24)27-14-7-5-6-13(10-14)21-18(26)19(2,3)4/h5-11H,1-4H3,(H,20,25)(H,21,26). The molecular formula is C19H21N5O3. The van der Waals surface area contributed by atoms with Gasteiger partial charge in [-0.1, -0.05) is 26.8 Å². The molecule has 2 aromatic heterocycles. The number of benzene rings is 1. The zero-order chi connectivity index (χ0) is 19.6. The molecule has 3 aromatic rings. The second-order valence-electron chi connectivity index (χ2n) is 7.12. The van der Waals surface area contributed by atoms with Crippen molar-refractivity contribution in [2.45, 2.75) is 27.7 Å². The molecule has 0 spiro atoms. The van der Waals surface area contributed by atoms with Gasteiger partial charge in [-0.25, -0.2) is 9.50 Å². The number of hydrogen-bond acceptors (Lipinski definition) is 5. The summed E-state index contributed by atoms with van der Waals surface area (Å²) in [5.74, 6) is 1.02. The maximum Gasteiger partial charge on any atom is 0.237 e. The van der Waals surface area contributed by atoms with E-state index >= 15 is 0 Å². The van der Waals surface area contributed by atoms with Crippen molar-refractivity contribution in [2.75, 3.05) is 10.6 Å². The number of anilines is 2. The average Bonchev–Trinajstić information content (AvgIpc) is 2.95. The zero-order valence-corrected chi connectivity index (χ0v) is 15.6. The SMILES string of the molecule is CC(=O)Nc1cn2nc(Oc3cccc(NC(=O)C(C)(C)C)c3)ccc2n1. The molecular weight excluding hydrogens is 346 g/mol. The van der Waals surface area contributed by atoms with Crippen LogP contribution in [0, 0.1) is 5.41 Å². The molecule has 0 aliphatic rings. The molecule has 0 radical (unpaired) electrons. The first-order valence-electron chi connectivity index (χ1n) is 8.44. The Morgan fingerprint density at radius 3 is 2.59 bits per heavy atom. The molecule has 2 amide bonds. The number of nitrogens with one attached hydrogen (secondary N) is 2. The Labute approximate surface area is 156 Å². The highest BCUT2D eigenvalue weighted by Crippen LogP contribution is 2.25. The zero-order valence-electron chi connectivity index (χ0n) is 15.6. The minimum absolute atomic E-state index is 0.0805. The third-order valence-electron chi connectivity index (χ3n) is 3.60. The number of nitrogens with zero attached hydrogens (tertiary/aromatic N) is 3. The van der Waals surface area contributed by atoms with Crippen LogP contribution in [0.5, 0.6) is 11.6 Å². The van der Waals surface area contributed by atoms with Crippen molar-refractivity contribution in [1.82, 2.24) is 14.6 Å². The lowest BCUT2D eigenvalue weighted by molar-refractivity contribution is -0.123. The highest BCUT2D eigenvalue weighted by molar-refractivity contribution is 5.94. The molecule has 2 heterocycles. The van der Waals surface area contributed by atoms with Gasteiger partial charge in [0.05, 0.1) is 6.20 Å². The number of carbonyl (C=O) groups excluding carboxylic acids is 2. The third kappa shape index (κ3) is 4.60. The van der Waals surface area contributed by atoms with E-state index in [9.17, 15) is 9.59 Å². The lowest BCUT2D eigenvalue weighted by Gasteiger charge is -2.18. The van der Waals surface area contributed by atoms with E-state index in [-0.39, 0.29) is 11.8 Å². The lowest BCUT2D eigenvalue weighted by Crippen LogP contribution is -2.27. The van der Waals surface area contributed by atoms with Crippen LogP contribution in [0.2, 0.25) is 0 Å². The van der Waals surface area contributed by atoms with Crippen LogP contribution in [0.15, 0.2) is 42.6 Å². The van der Waals surface area contributed by atoms with E-state index in [1.54, 1.807) is 42.6 Å². The summed E-state index contributed by atoms with van der Waals surface area (Å²) < 4.78 is 7.31. The molecule has 0 atom stereocenters. The molecule has 0 unspecified atom stereocenters. The summed E-state index contributed by atoms with van der Waals surface area (Å²) in [7, 11) is 0. The van der Waals surface area contributed by atoms with Crippen molar-refractivity contribution >= 4 is 29.0 Å². The summed E-state index contributed by atoms with van der Waals surface area (Å²) in [5.41, 5.74) is 0.734. The van der Waals surface area contributed by atoms with Crippen molar-refractivity contribution in [3.63, 3.8) is 0 Å². The Balaban J connectivity index is 1.77. The predicted octanol–water partition coefficient (Wildman–Crippen LogP) is 3.46. The average molecular weight is 367 g/mol. The van der Waals surface area contributed by atoms with Crippen LogP contribution in [0.3, 0.4) is 0 Å². The van der Waals surface area contributed by atoms with Gasteiger partial charge in [-0.2, -0.15) is 0 Å². The van der Waals surface area contributed by atoms with Crippen LogP contribution >= 0.6 is 0 Å². The van der Waals surface area contributed by atoms with E-state index in [1.165, 1.54) is 11.4 Å².